The number of para-hydroxylation sites is 1. The van der Waals surface area contributed by atoms with Crippen molar-refractivity contribution in [1.29, 1.82) is 0 Å². The second-order valence-corrected chi connectivity index (χ2v) is 17.0. The van der Waals surface area contributed by atoms with Gasteiger partial charge in [-0.3, -0.25) is 28.9 Å². The van der Waals surface area contributed by atoms with E-state index in [2.05, 4.69) is 9.88 Å². The summed E-state index contributed by atoms with van der Waals surface area (Å²) < 4.78 is 24.2. The number of rotatable bonds is 8. The average molecular weight is 823 g/mol. The zero-order valence-corrected chi connectivity index (χ0v) is 35.3. The van der Waals surface area contributed by atoms with Crippen LogP contribution in [0.15, 0.2) is 60.3 Å². The summed E-state index contributed by atoms with van der Waals surface area (Å²) in [5.74, 6) is -4.34. The molecule has 14 nitrogen and oxygen atoms in total. The van der Waals surface area contributed by atoms with Crippen LogP contribution in [0.4, 0.5) is 5.69 Å². The number of ether oxygens (including phenoxy) is 4. The summed E-state index contributed by atoms with van der Waals surface area (Å²) in [5.41, 5.74) is 0.711. The molecular formula is C46H54N4O10. The lowest BCUT2D eigenvalue weighted by atomic mass is 9.50. The van der Waals surface area contributed by atoms with Crippen molar-refractivity contribution in [3.05, 3.63) is 82.7 Å². The van der Waals surface area contributed by atoms with Crippen LogP contribution in [0.3, 0.4) is 0 Å². The number of H-pyrrole nitrogens is 1. The monoisotopic (exact) mass is 822 g/mol. The summed E-state index contributed by atoms with van der Waals surface area (Å²) in [6.45, 7) is 7.91. The molecule has 5 aliphatic rings. The Morgan fingerprint density at radius 3 is 2.47 bits per heavy atom. The van der Waals surface area contributed by atoms with E-state index in [1.165, 1.54) is 28.1 Å². The summed E-state index contributed by atoms with van der Waals surface area (Å²) >= 11 is 0. The maximum atomic E-state index is 15.2. The smallest absolute Gasteiger partial charge is 0.322 e. The summed E-state index contributed by atoms with van der Waals surface area (Å²) in [7, 11) is 4.63. The largest absolute Gasteiger partial charge is 0.496 e. The van der Waals surface area contributed by atoms with Crippen LogP contribution in [0.1, 0.15) is 82.2 Å². The maximum Gasteiger partial charge on any atom is 0.322 e. The number of Topliss-reactive ketones (excluding diaryl/α,β-unsaturated/α-hetero) is 1. The standard InChI is InChI=1S/C46H54N4O10/c1-8-29-21-30(54)24-45(42(55)58-7,38-32(15-19-49(25-29)26-51)31-13-10-11-14-35(31)47-38)34-22-33-36(23-37(34)57-6)48(5)40-44(33)17-20-50-18-12-16-43(9-2,39(44)50)41(59-27(3)52)46(40,56)60-28(4)53/h10-14,16,22-23,25-26,39-41,47,56H,8-9,15,17-21,24H2,1-7H3/b29-25-/t39-,40+,41+,43+,44+,45-,46+/m0/s1. The Hall–Kier alpha value is -5.47. The van der Waals surface area contributed by atoms with Gasteiger partial charge in [0.25, 0.3) is 5.79 Å². The Morgan fingerprint density at radius 1 is 1.03 bits per heavy atom. The van der Waals surface area contributed by atoms with Crippen LogP contribution in [0.5, 0.6) is 5.75 Å². The highest BCUT2D eigenvalue weighted by Gasteiger charge is 2.79. The van der Waals surface area contributed by atoms with Crippen LogP contribution in [-0.4, -0.2) is 115 Å². The lowest BCUT2D eigenvalue weighted by Crippen LogP contribution is -2.80. The maximum absolute atomic E-state index is 15.2. The molecule has 2 fully saturated rings. The topological polar surface area (TPSA) is 168 Å². The third kappa shape index (κ3) is 5.69. The molecule has 60 heavy (non-hydrogen) atoms. The SMILES string of the molecule is CC/C1=C/N(C=O)CCc2c([nH]c3ccccc23)[C@@](C(=O)OC)(c2cc3c(cc2OC)N(C)[C@H]2[C@@](O)(OC(C)=O)[C@H](OC(C)=O)[C@]4(CC)C=CCN5CC[C@]32[C@@H]54)CC(=O)C1. The molecule has 2 aromatic carbocycles. The van der Waals surface area contributed by atoms with E-state index in [-0.39, 0.29) is 31.2 Å². The number of likely N-dealkylation sites (N-methyl/N-ethyl adjacent to an activating group) is 1. The first-order chi connectivity index (χ1) is 28.7. The van der Waals surface area contributed by atoms with E-state index in [0.717, 1.165) is 34.0 Å². The summed E-state index contributed by atoms with van der Waals surface area (Å²) in [5, 5.41) is 14.1. The normalized spacial score (nSPS) is 31.8. The van der Waals surface area contributed by atoms with E-state index in [1.807, 2.05) is 74.3 Å². The molecule has 3 aromatic rings. The van der Waals surface area contributed by atoms with Crippen LogP contribution in [-0.2, 0) is 55.4 Å². The number of hydrogen-bond acceptors (Lipinski definition) is 12. The average Bonchev–Trinajstić information content (AvgIpc) is 3.88. The second kappa shape index (κ2) is 14.9. The van der Waals surface area contributed by atoms with Gasteiger partial charge in [-0.05, 0) is 61.1 Å². The van der Waals surface area contributed by atoms with Gasteiger partial charge in [0.2, 0.25) is 6.41 Å². The fourth-order valence-corrected chi connectivity index (χ4v) is 12.1. The van der Waals surface area contributed by atoms with E-state index in [0.29, 0.717) is 61.5 Å². The fraction of sp³-hybridized carbons (Fsp3) is 0.500. The van der Waals surface area contributed by atoms with E-state index in [4.69, 9.17) is 18.9 Å². The molecule has 1 spiro atoms. The number of aliphatic hydroxyl groups is 1. The number of allylic oxidation sites excluding steroid dienone is 1. The van der Waals surface area contributed by atoms with Crippen molar-refractivity contribution in [2.75, 3.05) is 45.8 Å². The molecule has 1 saturated heterocycles. The molecule has 0 unspecified atom stereocenters. The first kappa shape index (κ1) is 41.3. The minimum Gasteiger partial charge on any atom is -0.496 e. The van der Waals surface area contributed by atoms with Gasteiger partial charge in [-0.15, -0.1) is 0 Å². The minimum absolute atomic E-state index is 0.00745. The number of carbonyl (C=O) groups is 5. The lowest BCUT2D eigenvalue weighted by molar-refractivity contribution is -0.309. The number of nitrogens with zero attached hydrogens (tertiary/aromatic N) is 3. The quantitative estimate of drug-likeness (QED) is 0.107. The van der Waals surface area contributed by atoms with Gasteiger partial charge in [0.05, 0.1) is 14.2 Å². The zero-order chi connectivity index (χ0) is 42.9. The Labute approximate surface area is 349 Å². The van der Waals surface area contributed by atoms with Crippen LogP contribution in [0, 0.1) is 5.41 Å². The number of hydrogen-bond donors (Lipinski definition) is 2. The Balaban J connectivity index is 1.47. The molecule has 1 aromatic heterocycles. The molecule has 2 N–H and O–H groups in total. The number of benzene rings is 2. The van der Waals surface area contributed by atoms with Crippen molar-refractivity contribution in [2.24, 2.45) is 5.41 Å². The van der Waals surface area contributed by atoms with E-state index < -0.39 is 52.1 Å². The molecular weight excluding hydrogens is 769 g/mol. The van der Waals surface area contributed by atoms with Gasteiger partial charge >= 0.3 is 17.9 Å². The highest BCUT2D eigenvalue weighted by molar-refractivity contribution is 5.99. The van der Waals surface area contributed by atoms with Crippen molar-refractivity contribution >= 4 is 46.7 Å². The zero-order valence-electron chi connectivity index (χ0n) is 35.3. The number of anilines is 1. The number of nitrogens with one attached hydrogen (secondary N) is 1. The number of carbonyl (C=O) groups excluding carboxylic acids is 5. The van der Waals surface area contributed by atoms with Gasteiger partial charge < -0.3 is 38.8 Å². The predicted octanol–water partition coefficient (Wildman–Crippen LogP) is 4.59. The summed E-state index contributed by atoms with van der Waals surface area (Å²) in [6.07, 6.45) is 6.72. The van der Waals surface area contributed by atoms with Crippen LogP contribution in [0.25, 0.3) is 10.9 Å². The Morgan fingerprint density at radius 2 is 1.80 bits per heavy atom. The number of aromatic nitrogens is 1. The number of ketones is 1. The van der Waals surface area contributed by atoms with Gasteiger partial charge in [0.1, 0.15) is 23.0 Å². The van der Waals surface area contributed by atoms with Crippen LogP contribution < -0.4 is 9.64 Å². The van der Waals surface area contributed by atoms with Gasteiger partial charge in [-0.2, -0.15) is 0 Å². The third-order valence-electron chi connectivity index (χ3n) is 14.2. The highest BCUT2D eigenvalue weighted by atomic mass is 16.7. The van der Waals surface area contributed by atoms with Crippen molar-refractivity contribution in [2.45, 2.75) is 101 Å². The molecule has 5 heterocycles. The molecule has 8 rings (SSSR count). The number of fused-ring (bicyclic) bond motifs is 4. The Kier molecular flexibility index (Phi) is 10.3. The van der Waals surface area contributed by atoms with Crippen LogP contribution >= 0.6 is 0 Å². The lowest BCUT2D eigenvalue weighted by Gasteiger charge is -2.63. The molecule has 4 aliphatic heterocycles. The molecule has 0 radical (unpaired) electrons. The Bertz CT molecular complexity index is 2350. The molecule has 14 heteroatoms. The van der Waals surface area contributed by atoms with E-state index in [9.17, 15) is 24.3 Å². The number of amides is 1. The van der Waals surface area contributed by atoms with Crippen molar-refractivity contribution in [1.82, 2.24) is 14.8 Å². The number of aromatic amines is 1. The van der Waals surface area contributed by atoms with Gasteiger partial charge in [0.15, 0.2) is 6.10 Å². The molecule has 1 saturated carbocycles. The molecule has 1 amide bonds. The van der Waals surface area contributed by atoms with E-state index in [1.54, 1.807) is 11.1 Å². The second-order valence-electron chi connectivity index (χ2n) is 17.0. The molecule has 0 bridgehead atoms. The van der Waals surface area contributed by atoms with Crippen molar-refractivity contribution in [3.8, 4) is 5.75 Å². The minimum atomic E-state index is -2.34. The van der Waals surface area contributed by atoms with Crippen molar-refractivity contribution < 1.29 is 48.0 Å². The van der Waals surface area contributed by atoms with Gasteiger partial charge in [-0.1, -0.05) is 44.2 Å². The third-order valence-corrected chi connectivity index (χ3v) is 14.2. The van der Waals surface area contributed by atoms with Crippen LogP contribution in [0.2, 0.25) is 0 Å². The molecule has 7 atom stereocenters. The summed E-state index contributed by atoms with van der Waals surface area (Å²) in [6, 6.07) is 10.1. The number of esters is 3. The van der Waals surface area contributed by atoms with E-state index >= 15 is 4.79 Å². The first-order valence-corrected chi connectivity index (χ1v) is 20.8. The van der Waals surface area contributed by atoms with Gasteiger partial charge in [-0.25, -0.2) is 0 Å². The highest BCUT2D eigenvalue weighted by Crippen LogP contribution is 2.68. The van der Waals surface area contributed by atoms with Gasteiger partial charge in [0, 0.05) is 104 Å². The van der Waals surface area contributed by atoms with Crippen molar-refractivity contribution in [3.63, 3.8) is 0 Å². The molecule has 1 aliphatic carbocycles. The predicted molar refractivity (Wildman–Crippen MR) is 221 cm³/mol. The fourth-order valence-electron chi connectivity index (χ4n) is 12.1. The number of methoxy groups -OCH3 is 2. The summed E-state index contributed by atoms with van der Waals surface area (Å²) in [4.78, 5) is 77.7. The first-order valence-electron chi connectivity index (χ1n) is 20.8. The molecule has 318 valence electrons.